The number of hydrogen-bond acceptors (Lipinski definition) is 2. The molecule has 1 fully saturated rings. The van der Waals surface area contributed by atoms with Crippen LogP contribution < -0.4 is 5.32 Å². The highest BCUT2D eigenvalue weighted by Crippen LogP contribution is 2.28. The fraction of sp³-hybridized carbons (Fsp3) is 0.500. The van der Waals surface area contributed by atoms with E-state index in [1.807, 2.05) is 6.07 Å². The minimum absolute atomic E-state index is 0.135. The Morgan fingerprint density at radius 3 is 2.81 bits per heavy atom. The van der Waals surface area contributed by atoms with Crippen LogP contribution in [0.1, 0.15) is 18.4 Å². The van der Waals surface area contributed by atoms with Gasteiger partial charge in [0.1, 0.15) is 0 Å². The van der Waals surface area contributed by atoms with Crippen LogP contribution in [0.5, 0.6) is 0 Å². The second-order valence-corrected chi connectivity index (χ2v) is 5.22. The number of aliphatic hydroxyl groups excluding tert-OH is 1. The van der Waals surface area contributed by atoms with Crippen LogP contribution in [0.2, 0.25) is 10.0 Å². The molecule has 1 aromatic carbocycles. The van der Waals surface area contributed by atoms with Crippen LogP contribution in [-0.4, -0.2) is 23.8 Å². The van der Waals surface area contributed by atoms with Crippen molar-refractivity contribution in [3.63, 3.8) is 0 Å². The molecule has 0 amide bonds. The van der Waals surface area contributed by atoms with Crippen LogP contribution in [0.4, 0.5) is 0 Å². The number of nitrogens with one attached hydrogen (secondary N) is 1. The third kappa shape index (κ3) is 2.51. The standard InChI is InChI=1S/C12H15Cl2NO/c13-10-2-3-11(14)9(6-10)7-12(8-16)4-1-5-15-12/h2-3,6,15-16H,1,4-5,7-8H2. The van der Waals surface area contributed by atoms with E-state index in [1.165, 1.54) is 0 Å². The maximum atomic E-state index is 9.50. The van der Waals surface area contributed by atoms with Crippen LogP contribution in [0.15, 0.2) is 18.2 Å². The van der Waals surface area contributed by atoms with Crippen molar-refractivity contribution in [3.05, 3.63) is 33.8 Å². The summed E-state index contributed by atoms with van der Waals surface area (Å²) in [5.41, 5.74) is 0.784. The molecule has 0 aliphatic carbocycles. The first-order chi connectivity index (χ1) is 7.65. The minimum Gasteiger partial charge on any atom is -0.394 e. The number of benzene rings is 1. The summed E-state index contributed by atoms with van der Waals surface area (Å²) < 4.78 is 0. The smallest absolute Gasteiger partial charge is 0.0616 e. The largest absolute Gasteiger partial charge is 0.394 e. The average molecular weight is 260 g/mol. The monoisotopic (exact) mass is 259 g/mol. The number of hydrogen-bond donors (Lipinski definition) is 2. The predicted octanol–water partition coefficient (Wildman–Crippen LogP) is 2.65. The lowest BCUT2D eigenvalue weighted by atomic mass is 9.90. The highest BCUT2D eigenvalue weighted by Gasteiger charge is 2.33. The Hall–Kier alpha value is -0.280. The van der Waals surface area contributed by atoms with Crippen molar-refractivity contribution in [2.75, 3.05) is 13.2 Å². The number of rotatable bonds is 3. The van der Waals surface area contributed by atoms with Crippen molar-refractivity contribution in [1.82, 2.24) is 5.32 Å². The van der Waals surface area contributed by atoms with Gasteiger partial charge in [0, 0.05) is 15.6 Å². The molecule has 88 valence electrons. The lowest BCUT2D eigenvalue weighted by Gasteiger charge is -2.27. The first kappa shape index (κ1) is 12.2. The van der Waals surface area contributed by atoms with Gasteiger partial charge in [0.05, 0.1) is 6.61 Å². The van der Waals surface area contributed by atoms with E-state index in [-0.39, 0.29) is 12.1 Å². The summed E-state index contributed by atoms with van der Waals surface area (Å²) in [7, 11) is 0. The summed E-state index contributed by atoms with van der Waals surface area (Å²) in [5.74, 6) is 0. The molecule has 0 saturated carbocycles. The van der Waals surface area contributed by atoms with Crippen LogP contribution in [-0.2, 0) is 6.42 Å². The van der Waals surface area contributed by atoms with Gasteiger partial charge in [-0.3, -0.25) is 0 Å². The van der Waals surface area contributed by atoms with Gasteiger partial charge in [-0.15, -0.1) is 0 Å². The van der Waals surface area contributed by atoms with Crippen molar-refractivity contribution in [2.45, 2.75) is 24.8 Å². The molecule has 2 rings (SSSR count). The molecule has 1 aromatic rings. The molecule has 1 heterocycles. The fourth-order valence-corrected chi connectivity index (χ4v) is 2.63. The summed E-state index contributed by atoms with van der Waals surface area (Å²) in [6.45, 7) is 1.09. The second kappa shape index (κ2) is 4.92. The molecule has 0 bridgehead atoms. The fourth-order valence-electron chi connectivity index (χ4n) is 2.25. The maximum Gasteiger partial charge on any atom is 0.0616 e. The normalized spacial score (nSPS) is 24.9. The summed E-state index contributed by atoms with van der Waals surface area (Å²) in [5, 5.41) is 14.3. The van der Waals surface area contributed by atoms with Crippen molar-refractivity contribution >= 4 is 23.2 Å². The molecular formula is C12H15Cl2NO. The van der Waals surface area contributed by atoms with Gasteiger partial charge in [-0.05, 0) is 49.6 Å². The third-order valence-corrected chi connectivity index (χ3v) is 3.78. The number of aliphatic hydroxyl groups is 1. The van der Waals surface area contributed by atoms with Gasteiger partial charge in [0.2, 0.25) is 0 Å². The molecule has 4 heteroatoms. The van der Waals surface area contributed by atoms with E-state index in [4.69, 9.17) is 23.2 Å². The van der Waals surface area contributed by atoms with E-state index in [0.717, 1.165) is 31.4 Å². The average Bonchev–Trinajstić information content (AvgIpc) is 2.73. The molecule has 0 aromatic heterocycles. The summed E-state index contributed by atoms with van der Waals surface area (Å²) in [4.78, 5) is 0. The van der Waals surface area contributed by atoms with E-state index in [1.54, 1.807) is 12.1 Å². The second-order valence-electron chi connectivity index (χ2n) is 4.38. The lowest BCUT2D eigenvalue weighted by molar-refractivity contribution is 0.177. The van der Waals surface area contributed by atoms with E-state index >= 15 is 0 Å². The van der Waals surface area contributed by atoms with Gasteiger partial charge < -0.3 is 10.4 Å². The lowest BCUT2D eigenvalue weighted by Crippen LogP contribution is -2.45. The van der Waals surface area contributed by atoms with E-state index < -0.39 is 0 Å². The Balaban J connectivity index is 2.21. The highest BCUT2D eigenvalue weighted by molar-refractivity contribution is 6.33. The van der Waals surface area contributed by atoms with Gasteiger partial charge in [-0.25, -0.2) is 0 Å². The Bertz CT molecular complexity index is 375. The Labute approximate surface area is 106 Å². The Kier molecular flexibility index (Phi) is 3.75. The van der Waals surface area contributed by atoms with Crippen molar-refractivity contribution in [1.29, 1.82) is 0 Å². The van der Waals surface area contributed by atoms with Crippen LogP contribution >= 0.6 is 23.2 Å². The van der Waals surface area contributed by atoms with Crippen molar-refractivity contribution < 1.29 is 5.11 Å². The van der Waals surface area contributed by atoms with Gasteiger partial charge in [-0.1, -0.05) is 23.2 Å². The molecule has 1 atom stereocenters. The van der Waals surface area contributed by atoms with E-state index in [2.05, 4.69) is 5.32 Å². The quantitative estimate of drug-likeness (QED) is 0.875. The maximum absolute atomic E-state index is 9.50. The molecule has 1 saturated heterocycles. The summed E-state index contributed by atoms with van der Waals surface area (Å²) in [6.07, 6.45) is 2.80. The molecule has 2 nitrogen and oxygen atoms in total. The minimum atomic E-state index is -0.214. The van der Waals surface area contributed by atoms with Gasteiger partial charge in [0.15, 0.2) is 0 Å². The molecule has 16 heavy (non-hydrogen) atoms. The zero-order valence-electron chi connectivity index (χ0n) is 8.97. The van der Waals surface area contributed by atoms with E-state index in [9.17, 15) is 5.11 Å². The Morgan fingerprint density at radius 2 is 2.19 bits per heavy atom. The van der Waals surface area contributed by atoms with Crippen molar-refractivity contribution in [2.24, 2.45) is 0 Å². The summed E-state index contributed by atoms with van der Waals surface area (Å²) in [6, 6.07) is 5.46. The first-order valence-electron chi connectivity index (χ1n) is 5.45. The Morgan fingerprint density at radius 1 is 1.38 bits per heavy atom. The van der Waals surface area contributed by atoms with Gasteiger partial charge >= 0.3 is 0 Å². The molecule has 1 aliphatic rings. The van der Waals surface area contributed by atoms with Crippen LogP contribution in [0, 0.1) is 0 Å². The summed E-state index contributed by atoms with van der Waals surface area (Å²) >= 11 is 12.1. The molecule has 1 aliphatic heterocycles. The topological polar surface area (TPSA) is 32.3 Å². The molecule has 2 N–H and O–H groups in total. The zero-order valence-corrected chi connectivity index (χ0v) is 10.5. The molecular weight excluding hydrogens is 245 g/mol. The highest BCUT2D eigenvalue weighted by atomic mass is 35.5. The zero-order chi connectivity index (χ0) is 11.6. The van der Waals surface area contributed by atoms with Gasteiger partial charge in [-0.2, -0.15) is 0 Å². The molecule has 0 spiro atoms. The predicted molar refractivity (Wildman–Crippen MR) is 67.2 cm³/mol. The first-order valence-corrected chi connectivity index (χ1v) is 6.21. The molecule has 1 unspecified atom stereocenters. The van der Waals surface area contributed by atoms with Crippen molar-refractivity contribution in [3.8, 4) is 0 Å². The third-order valence-electron chi connectivity index (χ3n) is 3.17. The van der Waals surface area contributed by atoms with E-state index in [0.29, 0.717) is 10.0 Å². The van der Waals surface area contributed by atoms with Gasteiger partial charge in [0.25, 0.3) is 0 Å². The van der Waals surface area contributed by atoms with Crippen LogP contribution in [0.25, 0.3) is 0 Å². The molecule has 0 radical (unpaired) electrons. The SMILES string of the molecule is OCC1(Cc2cc(Cl)ccc2Cl)CCCN1. The number of halogens is 2. The van der Waals surface area contributed by atoms with Crippen LogP contribution in [0.3, 0.4) is 0 Å².